The van der Waals surface area contributed by atoms with E-state index in [-0.39, 0.29) is 0 Å². The lowest BCUT2D eigenvalue weighted by Gasteiger charge is -2.41. The average molecular weight is 154 g/mol. The van der Waals surface area contributed by atoms with Gasteiger partial charge in [0.25, 0.3) is 0 Å². The molecule has 0 unspecified atom stereocenters. The normalized spacial score (nSPS) is 39.4. The molecule has 11 heavy (non-hydrogen) atoms. The van der Waals surface area contributed by atoms with E-state index >= 15 is 0 Å². The Morgan fingerprint density at radius 1 is 1.64 bits per heavy atom. The predicted octanol–water partition coefficient (Wildman–Crippen LogP) is 1.25. The van der Waals surface area contributed by atoms with Crippen molar-refractivity contribution in [2.75, 3.05) is 13.2 Å². The van der Waals surface area contributed by atoms with Crippen LogP contribution in [0.5, 0.6) is 0 Å². The fraction of sp³-hybridized carbons (Fsp3) is 0.889. The molecule has 0 radical (unpaired) electrons. The Hall–Kier alpha value is -0.370. The second-order valence-electron chi connectivity index (χ2n) is 3.85. The highest BCUT2D eigenvalue weighted by Crippen LogP contribution is 2.55. The summed E-state index contributed by atoms with van der Waals surface area (Å²) in [6, 6.07) is 0. The molecule has 1 saturated carbocycles. The van der Waals surface area contributed by atoms with Crippen LogP contribution in [0.4, 0.5) is 0 Å². The Kier molecular flexibility index (Phi) is 1.53. The molecule has 1 saturated heterocycles. The lowest BCUT2D eigenvalue weighted by atomic mass is 9.77. The van der Waals surface area contributed by atoms with Crippen molar-refractivity contribution >= 4 is 6.29 Å². The van der Waals surface area contributed by atoms with Crippen LogP contribution in [-0.2, 0) is 9.53 Å². The summed E-state index contributed by atoms with van der Waals surface area (Å²) in [5.74, 6) is 1.01. The molecule has 2 aliphatic rings. The highest BCUT2D eigenvalue weighted by atomic mass is 16.5. The zero-order valence-electron chi connectivity index (χ0n) is 6.88. The van der Waals surface area contributed by atoms with E-state index in [0.717, 1.165) is 25.9 Å². The number of ether oxygens (including phenoxy) is 1. The Morgan fingerprint density at radius 3 is 2.64 bits per heavy atom. The van der Waals surface area contributed by atoms with E-state index in [1.165, 1.54) is 6.42 Å². The molecule has 2 fully saturated rings. The number of rotatable bonds is 3. The van der Waals surface area contributed by atoms with E-state index in [4.69, 9.17) is 4.74 Å². The zero-order valence-corrected chi connectivity index (χ0v) is 6.88. The zero-order chi connectivity index (χ0) is 7.90. The maximum absolute atomic E-state index is 10.4. The fourth-order valence-corrected chi connectivity index (χ4v) is 2.11. The van der Waals surface area contributed by atoms with Crippen LogP contribution in [0, 0.1) is 17.3 Å². The molecule has 2 rings (SSSR count). The van der Waals surface area contributed by atoms with E-state index in [9.17, 15) is 4.79 Å². The van der Waals surface area contributed by atoms with E-state index in [2.05, 4.69) is 6.92 Å². The van der Waals surface area contributed by atoms with Crippen LogP contribution in [0.15, 0.2) is 0 Å². The van der Waals surface area contributed by atoms with Gasteiger partial charge in [-0.05, 0) is 18.8 Å². The van der Waals surface area contributed by atoms with E-state index in [0.29, 0.717) is 17.3 Å². The van der Waals surface area contributed by atoms with Crippen molar-refractivity contribution in [2.45, 2.75) is 19.8 Å². The maximum Gasteiger partial charge on any atom is 0.123 e. The molecule has 0 bridgehead atoms. The van der Waals surface area contributed by atoms with E-state index < -0.39 is 0 Å². The molecule has 0 aromatic heterocycles. The van der Waals surface area contributed by atoms with Crippen LogP contribution >= 0.6 is 0 Å². The summed E-state index contributed by atoms with van der Waals surface area (Å²) in [7, 11) is 0. The van der Waals surface area contributed by atoms with Gasteiger partial charge >= 0.3 is 0 Å². The van der Waals surface area contributed by atoms with Crippen LogP contribution in [0.1, 0.15) is 19.8 Å². The van der Waals surface area contributed by atoms with Crippen LogP contribution in [0.2, 0.25) is 0 Å². The van der Waals surface area contributed by atoms with Crippen molar-refractivity contribution in [3.8, 4) is 0 Å². The van der Waals surface area contributed by atoms with Gasteiger partial charge < -0.3 is 9.53 Å². The standard InChI is InChI=1S/C9H14O2/c1-2-9(5-11-6-9)8-3-7(8)4-10/h4,7-8H,2-3,5-6H2,1H3/t7-,8-/m1/s1. The third kappa shape index (κ3) is 0.924. The summed E-state index contributed by atoms with van der Waals surface area (Å²) >= 11 is 0. The number of carbonyl (C=O) groups excluding carboxylic acids is 1. The van der Waals surface area contributed by atoms with Crippen LogP contribution in [0.3, 0.4) is 0 Å². The van der Waals surface area contributed by atoms with Crippen LogP contribution in [-0.4, -0.2) is 19.5 Å². The molecule has 0 spiro atoms. The summed E-state index contributed by atoms with van der Waals surface area (Å²) in [4.78, 5) is 10.4. The van der Waals surface area contributed by atoms with Crippen molar-refractivity contribution in [3.63, 3.8) is 0 Å². The Bertz CT molecular complexity index is 167. The first-order chi connectivity index (χ1) is 5.32. The molecule has 0 amide bonds. The average Bonchev–Trinajstić information content (AvgIpc) is 2.67. The number of hydrogen-bond acceptors (Lipinski definition) is 2. The first kappa shape index (κ1) is 7.29. The second-order valence-corrected chi connectivity index (χ2v) is 3.85. The van der Waals surface area contributed by atoms with Gasteiger partial charge in [-0.1, -0.05) is 6.92 Å². The van der Waals surface area contributed by atoms with E-state index in [1.54, 1.807) is 0 Å². The van der Waals surface area contributed by atoms with Gasteiger partial charge in [0.2, 0.25) is 0 Å². The van der Waals surface area contributed by atoms with Gasteiger partial charge in [0.05, 0.1) is 13.2 Å². The highest BCUT2D eigenvalue weighted by molar-refractivity contribution is 5.58. The highest BCUT2D eigenvalue weighted by Gasteiger charge is 2.55. The molecular weight excluding hydrogens is 140 g/mol. The van der Waals surface area contributed by atoms with Crippen LogP contribution < -0.4 is 0 Å². The third-order valence-electron chi connectivity index (χ3n) is 3.28. The summed E-state index contributed by atoms with van der Waals surface area (Å²) in [6.07, 6.45) is 3.39. The third-order valence-corrected chi connectivity index (χ3v) is 3.28. The Balaban J connectivity index is 1.98. The van der Waals surface area contributed by atoms with Crippen molar-refractivity contribution in [1.82, 2.24) is 0 Å². The predicted molar refractivity (Wildman–Crippen MR) is 41.2 cm³/mol. The molecule has 0 aromatic rings. The Labute approximate surface area is 66.9 Å². The summed E-state index contributed by atoms with van der Waals surface area (Å²) in [6.45, 7) is 3.97. The quantitative estimate of drug-likeness (QED) is 0.572. The monoisotopic (exact) mass is 154 g/mol. The molecule has 0 N–H and O–H groups in total. The molecule has 2 nitrogen and oxygen atoms in total. The van der Waals surface area contributed by atoms with Crippen molar-refractivity contribution in [3.05, 3.63) is 0 Å². The number of carbonyl (C=O) groups is 1. The van der Waals surface area contributed by atoms with Gasteiger partial charge in [-0.25, -0.2) is 0 Å². The summed E-state index contributed by atoms with van der Waals surface area (Å²) < 4.78 is 5.21. The minimum absolute atomic E-state index is 0.360. The van der Waals surface area contributed by atoms with Crippen molar-refractivity contribution in [1.29, 1.82) is 0 Å². The molecular formula is C9H14O2. The van der Waals surface area contributed by atoms with Gasteiger partial charge in [-0.2, -0.15) is 0 Å². The molecule has 1 heterocycles. The number of hydrogen-bond donors (Lipinski definition) is 0. The topological polar surface area (TPSA) is 26.3 Å². The lowest BCUT2D eigenvalue weighted by molar-refractivity contribution is -0.133. The number of aldehydes is 1. The molecule has 62 valence electrons. The lowest BCUT2D eigenvalue weighted by Crippen LogP contribution is -2.44. The molecule has 2 heteroatoms. The first-order valence-electron chi connectivity index (χ1n) is 4.35. The van der Waals surface area contributed by atoms with Crippen molar-refractivity contribution < 1.29 is 9.53 Å². The smallest absolute Gasteiger partial charge is 0.123 e. The fourth-order valence-electron chi connectivity index (χ4n) is 2.11. The molecule has 1 aliphatic carbocycles. The SMILES string of the molecule is CCC1([C@@H]2C[C@@H]2C=O)COC1. The first-order valence-corrected chi connectivity index (χ1v) is 4.35. The van der Waals surface area contributed by atoms with Gasteiger partial charge in [0.1, 0.15) is 6.29 Å². The van der Waals surface area contributed by atoms with Gasteiger partial charge in [-0.3, -0.25) is 0 Å². The minimum atomic E-state index is 0.360. The minimum Gasteiger partial charge on any atom is -0.380 e. The van der Waals surface area contributed by atoms with Crippen LogP contribution in [0.25, 0.3) is 0 Å². The molecule has 2 atom stereocenters. The van der Waals surface area contributed by atoms with Crippen molar-refractivity contribution in [2.24, 2.45) is 17.3 Å². The second kappa shape index (κ2) is 2.31. The van der Waals surface area contributed by atoms with E-state index in [1.807, 2.05) is 0 Å². The van der Waals surface area contributed by atoms with Gasteiger partial charge in [0, 0.05) is 11.3 Å². The molecule has 1 aliphatic heterocycles. The summed E-state index contributed by atoms with van der Waals surface area (Å²) in [5, 5.41) is 0. The van der Waals surface area contributed by atoms with Gasteiger partial charge in [0.15, 0.2) is 0 Å². The largest absolute Gasteiger partial charge is 0.380 e. The Morgan fingerprint density at radius 2 is 2.36 bits per heavy atom. The molecule has 0 aromatic carbocycles. The maximum atomic E-state index is 10.4. The summed E-state index contributed by atoms with van der Waals surface area (Å²) in [5.41, 5.74) is 0.394. The van der Waals surface area contributed by atoms with Gasteiger partial charge in [-0.15, -0.1) is 0 Å².